The van der Waals surface area contributed by atoms with E-state index in [2.05, 4.69) is 4.98 Å². The maximum atomic E-state index is 12.5. The first-order chi connectivity index (χ1) is 9.38. The Morgan fingerprint density at radius 2 is 1.95 bits per heavy atom. The molecule has 0 radical (unpaired) electrons. The van der Waals surface area contributed by atoms with Gasteiger partial charge in [0.2, 0.25) is 6.23 Å². The van der Waals surface area contributed by atoms with Crippen molar-refractivity contribution in [1.82, 2.24) is 9.55 Å². The number of nitrogens with zero attached hydrogens (tertiary/aromatic N) is 2. The van der Waals surface area contributed by atoms with Gasteiger partial charge in [-0.2, -0.15) is 0 Å². The molecule has 0 saturated heterocycles. The zero-order valence-electron chi connectivity index (χ0n) is 11.7. The van der Waals surface area contributed by atoms with Crippen molar-refractivity contribution in [2.75, 3.05) is 0 Å². The quantitative estimate of drug-likeness (QED) is 0.807. The summed E-state index contributed by atoms with van der Waals surface area (Å²) in [5.41, 5.74) is -0.505. The van der Waals surface area contributed by atoms with Gasteiger partial charge in [0.25, 0.3) is 0 Å². The molecule has 0 bridgehead atoms. The van der Waals surface area contributed by atoms with Gasteiger partial charge < -0.3 is 9.30 Å². The topological polar surface area (TPSA) is 44.1 Å². The Labute approximate surface area is 123 Å². The van der Waals surface area contributed by atoms with Gasteiger partial charge in [0, 0.05) is 17.8 Å². The minimum Gasteiger partial charge on any atom is -0.461 e. The highest BCUT2D eigenvalue weighted by atomic mass is 35.5. The predicted molar refractivity (Wildman–Crippen MR) is 77.8 cm³/mol. The second kappa shape index (κ2) is 5.67. The molecule has 4 nitrogen and oxygen atoms in total. The minimum absolute atomic E-state index is 0.0105. The Balaban J connectivity index is 2.28. The molecule has 5 heteroatoms. The molecule has 106 valence electrons. The molecule has 0 fully saturated rings. The van der Waals surface area contributed by atoms with Gasteiger partial charge in [0.05, 0.1) is 6.20 Å². The van der Waals surface area contributed by atoms with Crippen LogP contribution in [0.4, 0.5) is 0 Å². The number of carbonyl (C=O) groups excluding carboxylic acids is 1. The molecule has 2 rings (SSSR count). The summed E-state index contributed by atoms with van der Waals surface area (Å²) in [6.45, 7) is 5.61. The number of hydrogen-bond donors (Lipinski definition) is 0. The van der Waals surface area contributed by atoms with Crippen molar-refractivity contribution >= 4 is 17.4 Å². The van der Waals surface area contributed by atoms with E-state index < -0.39 is 11.6 Å². The van der Waals surface area contributed by atoms with Crippen LogP contribution in [0.5, 0.6) is 5.75 Å². The van der Waals surface area contributed by atoms with Crippen LogP contribution in [0.1, 0.15) is 27.0 Å². The van der Waals surface area contributed by atoms with E-state index >= 15 is 0 Å². The third-order valence-electron chi connectivity index (χ3n) is 2.81. The van der Waals surface area contributed by atoms with E-state index in [1.54, 1.807) is 29.1 Å². The van der Waals surface area contributed by atoms with Crippen molar-refractivity contribution in [3.8, 4) is 5.75 Å². The largest absolute Gasteiger partial charge is 0.461 e. The molecule has 2 aromatic rings. The van der Waals surface area contributed by atoms with E-state index in [9.17, 15) is 4.79 Å². The van der Waals surface area contributed by atoms with Crippen molar-refractivity contribution < 1.29 is 9.53 Å². The maximum Gasteiger partial charge on any atom is 0.235 e. The zero-order valence-corrected chi connectivity index (χ0v) is 12.5. The van der Waals surface area contributed by atoms with Crippen LogP contribution in [-0.4, -0.2) is 15.3 Å². The molecular formula is C15H17ClN2O2. The number of ketones is 1. The molecule has 2 heterocycles. The fourth-order valence-electron chi connectivity index (χ4n) is 1.69. The number of halogens is 1. The Bertz CT molecular complexity index is 571. The number of rotatable bonds is 4. The van der Waals surface area contributed by atoms with Crippen molar-refractivity contribution in [3.05, 3.63) is 48.0 Å². The van der Waals surface area contributed by atoms with E-state index in [1.807, 2.05) is 32.9 Å². The SMILES string of the molecule is CC(C)(C)C(=O)C(Oc1ccc(Cl)nc1)n1cccc1. The molecule has 0 aromatic carbocycles. The Morgan fingerprint density at radius 3 is 2.45 bits per heavy atom. The second-order valence-corrected chi connectivity index (χ2v) is 5.92. The van der Waals surface area contributed by atoms with E-state index in [-0.39, 0.29) is 5.78 Å². The lowest BCUT2D eigenvalue weighted by Crippen LogP contribution is -2.33. The second-order valence-electron chi connectivity index (χ2n) is 5.53. The highest BCUT2D eigenvalue weighted by molar-refractivity contribution is 6.29. The Morgan fingerprint density at radius 1 is 1.30 bits per heavy atom. The number of Topliss-reactive ketones (excluding diaryl/α,β-unsaturated/α-hetero) is 1. The molecule has 0 spiro atoms. The summed E-state index contributed by atoms with van der Waals surface area (Å²) in [5, 5.41) is 0.386. The maximum absolute atomic E-state index is 12.5. The normalized spacial score (nSPS) is 13.0. The van der Waals surface area contributed by atoms with Crippen LogP contribution >= 0.6 is 11.6 Å². The van der Waals surface area contributed by atoms with Gasteiger partial charge in [-0.3, -0.25) is 4.79 Å². The zero-order chi connectivity index (χ0) is 14.8. The van der Waals surface area contributed by atoms with E-state index in [0.29, 0.717) is 10.9 Å². The third-order valence-corrected chi connectivity index (χ3v) is 3.03. The average molecular weight is 293 g/mol. The highest BCUT2D eigenvalue weighted by Crippen LogP contribution is 2.26. The molecule has 0 aliphatic rings. The summed E-state index contributed by atoms with van der Waals surface area (Å²) in [6, 6.07) is 7.03. The van der Waals surface area contributed by atoms with Crippen molar-refractivity contribution in [1.29, 1.82) is 0 Å². The lowest BCUT2D eigenvalue weighted by molar-refractivity contribution is -0.137. The molecule has 1 atom stereocenters. The molecule has 0 N–H and O–H groups in total. The summed E-state index contributed by atoms with van der Waals surface area (Å²) in [5.74, 6) is 0.495. The number of pyridine rings is 1. The third kappa shape index (κ3) is 3.39. The van der Waals surface area contributed by atoms with Crippen LogP contribution in [0.25, 0.3) is 0 Å². The predicted octanol–water partition coefficient (Wildman–Crippen LogP) is 3.73. The van der Waals surface area contributed by atoms with E-state index in [4.69, 9.17) is 16.3 Å². The molecule has 20 heavy (non-hydrogen) atoms. The van der Waals surface area contributed by atoms with Crippen LogP contribution < -0.4 is 4.74 Å². The van der Waals surface area contributed by atoms with Crippen LogP contribution in [0.2, 0.25) is 5.15 Å². The van der Waals surface area contributed by atoms with Crippen molar-refractivity contribution in [2.45, 2.75) is 27.0 Å². The smallest absolute Gasteiger partial charge is 0.235 e. The first-order valence-corrected chi connectivity index (χ1v) is 6.71. The monoisotopic (exact) mass is 292 g/mol. The fourth-order valence-corrected chi connectivity index (χ4v) is 1.80. The van der Waals surface area contributed by atoms with Crippen LogP contribution in [0.15, 0.2) is 42.9 Å². The van der Waals surface area contributed by atoms with Gasteiger partial charge in [0.15, 0.2) is 5.78 Å². The first-order valence-electron chi connectivity index (χ1n) is 6.33. The molecule has 0 aliphatic carbocycles. The number of carbonyl (C=O) groups is 1. The Kier molecular flexibility index (Phi) is 4.14. The molecule has 0 saturated carbocycles. The summed E-state index contributed by atoms with van der Waals surface area (Å²) < 4.78 is 7.53. The van der Waals surface area contributed by atoms with Crippen LogP contribution in [-0.2, 0) is 4.79 Å². The average Bonchev–Trinajstić information content (AvgIpc) is 2.90. The Hall–Kier alpha value is -1.81. The van der Waals surface area contributed by atoms with Gasteiger partial charge in [-0.1, -0.05) is 32.4 Å². The number of ether oxygens (including phenoxy) is 1. The number of hydrogen-bond acceptors (Lipinski definition) is 3. The van der Waals surface area contributed by atoms with Gasteiger partial charge in [-0.05, 0) is 24.3 Å². The molecule has 0 aliphatic heterocycles. The lowest BCUT2D eigenvalue weighted by atomic mass is 9.89. The molecule has 0 amide bonds. The minimum atomic E-state index is -0.715. The number of aromatic nitrogens is 2. The van der Waals surface area contributed by atoms with Gasteiger partial charge in [-0.25, -0.2) is 4.98 Å². The van der Waals surface area contributed by atoms with Gasteiger partial charge in [-0.15, -0.1) is 0 Å². The highest BCUT2D eigenvalue weighted by Gasteiger charge is 2.32. The lowest BCUT2D eigenvalue weighted by Gasteiger charge is -2.26. The standard InChI is InChI=1S/C15H17ClN2O2/c1-15(2,3)13(19)14(18-8-4-5-9-18)20-11-6-7-12(16)17-10-11/h4-10,14H,1-3H3. The molecular weight excluding hydrogens is 276 g/mol. The molecule has 2 aromatic heterocycles. The van der Waals surface area contributed by atoms with Gasteiger partial charge in [0.1, 0.15) is 10.9 Å². The van der Waals surface area contributed by atoms with Crippen LogP contribution in [0, 0.1) is 5.41 Å². The van der Waals surface area contributed by atoms with E-state index in [1.165, 1.54) is 6.20 Å². The van der Waals surface area contributed by atoms with E-state index in [0.717, 1.165) is 0 Å². The summed E-state index contributed by atoms with van der Waals surface area (Å²) in [4.78, 5) is 16.5. The summed E-state index contributed by atoms with van der Waals surface area (Å²) in [7, 11) is 0. The van der Waals surface area contributed by atoms with Crippen molar-refractivity contribution in [2.24, 2.45) is 5.41 Å². The van der Waals surface area contributed by atoms with Gasteiger partial charge >= 0.3 is 0 Å². The summed E-state index contributed by atoms with van der Waals surface area (Å²) >= 11 is 5.74. The first kappa shape index (κ1) is 14.6. The fraction of sp³-hybridized carbons (Fsp3) is 0.333. The van der Waals surface area contributed by atoms with Crippen molar-refractivity contribution in [3.63, 3.8) is 0 Å². The molecule has 1 unspecified atom stereocenters. The van der Waals surface area contributed by atoms with Crippen LogP contribution in [0.3, 0.4) is 0 Å². The summed E-state index contributed by atoms with van der Waals surface area (Å²) in [6.07, 6.45) is 4.40.